The molecule has 0 saturated heterocycles. The zero-order valence-electron chi connectivity index (χ0n) is 29.8. The third-order valence-corrected chi connectivity index (χ3v) is 12.0. The van der Waals surface area contributed by atoms with Crippen LogP contribution in [0.15, 0.2) is 205 Å². The second-order valence-corrected chi connectivity index (χ2v) is 15.2. The van der Waals surface area contributed by atoms with Crippen LogP contribution in [0.4, 0.5) is 17.1 Å². The van der Waals surface area contributed by atoms with Crippen LogP contribution in [0.2, 0.25) is 0 Å². The van der Waals surface area contributed by atoms with E-state index in [1.54, 1.807) is 0 Å². The second kappa shape index (κ2) is 12.9. The van der Waals surface area contributed by atoms with Gasteiger partial charge in [-0.2, -0.15) is 0 Å². The molecule has 0 fully saturated rings. The van der Waals surface area contributed by atoms with Crippen LogP contribution < -0.4 is 4.90 Å². The highest BCUT2D eigenvalue weighted by atomic mass is 32.1. The zero-order valence-corrected chi connectivity index (χ0v) is 30.6. The Kier molecular flexibility index (Phi) is 7.39. The summed E-state index contributed by atoms with van der Waals surface area (Å²) in [6.07, 6.45) is 0. The molecule has 3 heteroatoms. The smallest absolute Gasteiger partial charge is 0.135 e. The summed E-state index contributed by atoms with van der Waals surface area (Å²) >= 11 is 1.86. The van der Waals surface area contributed by atoms with Crippen molar-refractivity contribution in [3.8, 4) is 33.4 Å². The number of furan rings is 1. The molecular formula is C52H33NOS. The van der Waals surface area contributed by atoms with Gasteiger partial charge in [0, 0.05) is 47.9 Å². The maximum atomic E-state index is 6.13. The molecule has 0 amide bonds. The van der Waals surface area contributed by atoms with E-state index in [1.165, 1.54) is 53.2 Å². The first kappa shape index (κ1) is 31.6. The fourth-order valence-corrected chi connectivity index (χ4v) is 9.30. The number of thiophene rings is 1. The van der Waals surface area contributed by atoms with Gasteiger partial charge in [0.25, 0.3) is 0 Å². The van der Waals surface area contributed by atoms with Crippen LogP contribution in [0.1, 0.15) is 0 Å². The van der Waals surface area contributed by atoms with E-state index in [0.717, 1.165) is 50.1 Å². The van der Waals surface area contributed by atoms with Gasteiger partial charge in [-0.3, -0.25) is 0 Å². The van der Waals surface area contributed by atoms with Crippen LogP contribution in [0.5, 0.6) is 0 Å². The van der Waals surface area contributed by atoms with Gasteiger partial charge in [-0.15, -0.1) is 11.3 Å². The number of para-hydroxylation sites is 2. The van der Waals surface area contributed by atoms with Crippen molar-refractivity contribution in [2.45, 2.75) is 0 Å². The Morgan fingerprint density at radius 1 is 0.345 bits per heavy atom. The molecule has 0 N–H and O–H groups in total. The lowest BCUT2D eigenvalue weighted by atomic mass is 9.97. The van der Waals surface area contributed by atoms with Crippen molar-refractivity contribution >= 4 is 81.3 Å². The zero-order chi connectivity index (χ0) is 36.3. The Balaban J connectivity index is 1.04. The molecule has 0 saturated carbocycles. The summed E-state index contributed by atoms with van der Waals surface area (Å²) in [5, 5.41) is 7.38. The molecule has 2 aromatic heterocycles. The predicted molar refractivity (Wildman–Crippen MR) is 235 cm³/mol. The second-order valence-electron chi connectivity index (χ2n) is 14.1. The summed E-state index contributed by atoms with van der Waals surface area (Å²) in [4.78, 5) is 2.40. The minimum Gasteiger partial charge on any atom is -0.456 e. The molecule has 0 atom stereocenters. The van der Waals surface area contributed by atoms with Crippen molar-refractivity contribution in [3.05, 3.63) is 200 Å². The summed E-state index contributed by atoms with van der Waals surface area (Å²) in [7, 11) is 0. The molecule has 0 radical (unpaired) electrons. The lowest BCUT2D eigenvalue weighted by molar-refractivity contribution is 0.669. The lowest BCUT2D eigenvalue weighted by Gasteiger charge is -2.28. The maximum Gasteiger partial charge on any atom is 0.135 e. The fraction of sp³-hybridized carbons (Fsp3) is 0. The predicted octanol–water partition coefficient (Wildman–Crippen LogP) is 15.6. The van der Waals surface area contributed by atoms with E-state index in [-0.39, 0.29) is 0 Å². The van der Waals surface area contributed by atoms with Crippen molar-refractivity contribution in [1.29, 1.82) is 0 Å². The van der Waals surface area contributed by atoms with Crippen molar-refractivity contribution in [2.75, 3.05) is 4.90 Å². The average Bonchev–Trinajstić information content (AvgIpc) is 3.82. The SMILES string of the molecule is c1ccc(N(c2ccc(-c3ccc4oc5ccccc5c4c3)cc2)c2ccc(-c3cccc4ccccc34)cc2)c(-c2ccc3sc4ccccc4c3c2)c1. The highest BCUT2D eigenvalue weighted by Crippen LogP contribution is 2.44. The van der Waals surface area contributed by atoms with Crippen LogP contribution in [0.25, 0.3) is 86.3 Å². The topological polar surface area (TPSA) is 16.4 Å². The van der Waals surface area contributed by atoms with Gasteiger partial charge in [-0.1, -0.05) is 133 Å². The van der Waals surface area contributed by atoms with E-state index >= 15 is 0 Å². The Bertz CT molecular complexity index is 3200. The molecule has 0 bridgehead atoms. The number of benzene rings is 9. The molecule has 0 unspecified atom stereocenters. The Labute approximate surface area is 322 Å². The third-order valence-electron chi connectivity index (χ3n) is 10.9. The normalized spacial score (nSPS) is 11.6. The molecular weight excluding hydrogens is 687 g/mol. The van der Waals surface area contributed by atoms with Gasteiger partial charge in [0.2, 0.25) is 0 Å². The van der Waals surface area contributed by atoms with E-state index in [2.05, 4.69) is 193 Å². The van der Waals surface area contributed by atoms with Gasteiger partial charge >= 0.3 is 0 Å². The van der Waals surface area contributed by atoms with Crippen molar-refractivity contribution < 1.29 is 4.42 Å². The Morgan fingerprint density at radius 3 is 1.78 bits per heavy atom. The maximum absolute atomic E-state index is 6.13. The number of hydrogen-bond acceptors (Lipinski definition) is 3. The molecule has 258 valence electrons. The van der Waals surface area contributed by atoms with Crippen molar-refractivity contribution in [1.82, 2.24) is 0 Å². The first-order chi connectivity index (χ1) is 27.2. The van der Waals surface area contributed by atoms with E-state index < -0.39 is 0 Å². The molecule has 0 aliphatic rings. The van der Waals surface area contributed by atoms with Crippen LogP contribution in [-0.2, 0) is 0 Å². The summed E-state index contributed by atoms with van der Waals surface area (Å²) in [5.41, 5.74) is 12.3. The van der Waals surface area contributed by atoms with Crippen LogP contribution in [0, 0.1) is 0 Å². The number of nitrogens with zero attached hydrogens (tertiary/aromatic N) is 1. The summed E-state index contributed by atoms with van der Waals surface area (Å²) in [6.45, 7) is 0. The molecule has 11 aromatic rings. The Hall–Kier alpha value is -6.94. The minimum absolute atomic E-state index is 0.907. The molecule has 55 heavy (non-hydrogen) atoms. The van der Waals surface area contributed by atoms with Crippen molar-refractivity contribution in [2.24, 2.45) is 0 Å². The fourth-order valence-electron chi connectivity index (χ4n) is 8.21. The van der Waals surface area contributed by atoms with Gasteiger partial charge in [0.15, 0.2) is 0 Å². The standard InChI is InChI=1S/C52H33NOS/c1-2-12-41-35(10-1)11-9-16-42(41)36-22-28-40(29-23-36)53(39-26-20-34(21-27-39)37-24-30-50-46(32-37)44-14-4-7-18-49(44)54-50)48-17-6-3-13-43(48)38-25-31-52-47(33-38)45-15-5-8-19-51(45)55-52/h1-33H. The molecule has 11 rings (SSSR count). The highest BCUT2D eigenvalue weighted by molar-refractivity contribution is 7.25. The molecule has 2 heterocycles. The lowest BCUT2D eigenvalue weighted by Crippen LogP contribution is -2.11. The van der Waals surface area contributed by atoms with Gasteiger partial charge in [0.1, 0.15) is 11.2 Å². The first-order valence-electron chi connectivity index (χ1n) is 18.7. The Morgan fingerprint density at radius 2 is 0.927 bits per heavy atom. The van der Waals surface area contributed by atoms with E-state index in [9.17, 15) is 0 Å². The molecule has 9 aromatic carbocycles. The van der Waals surface area contributed by atoms with E-state index in [1.807, 2.05) is 23.5 Å². The number of anilines is 3. The van der Waals surface area contributed by atoms with Gasteiger partial charge < -0.3 is 9.32 Å². The summed E-state index contributed by atoms with van der Waals surface area (Å²) < 4.78 is 8.75. The number of hydrogen-bond donors (Lipinski definition) is 0. The quantitative estimate of drug-likeness (QED) is 0.170. The van der Waals surface area contributed by atoms with Gasteiger partial charge in [-0.05, 0) is 105 Å². The van der Waals surface area contributed by atoms with Crippen LogP contribution in [0.3, 0.4) is 0 Å². The highest BCUT2D eigenvalue weighted by Gasteiger charge is 2.19. The van der Waals surface area contributed by atoms with E-state index in [0.29, 0.717) is 0 Å². The number of rotatable bonds is 6. The molecule has 0 aliphatic carbocycles. The van der Waals surface area contributed by atoms with Gasteiger partial charge in [-0.25, -0.2) is 0 Å². The largest absolute Gasteiger partial charge is 0.456 e. The molecule has 0 spiro atoms. The van der Waals surface area contributed by atoms with E-state index in [4.69, 9.17) is 4.42 Å². The molecule has 0 aliphatic heterocycles. The average molecular weight is 720 g/mol. The summed E-state index contributed by atoms with van der Waals surface area (Å²) in [6, 6.07) is 72.4. The number of fused-ring (bicyclic) bond motifs is 7. The van der Waals surface area contributed by atoms with Crippen LogP contribution >= 0.6 is 11.3 Å². The monoisotopic (exact) mass is 719 g/mol. The molecule has 2 nitrogen and oxygen atoms in total. The van der Waals surface area contributed by atoms with Gasteiger partial charge in [0.05, 0.1) is 5.69 Å². The van der Waals surface area contributed by atoms with Crippen molar-refractivity contribution in [3.63, 3.8) is 0 Å². The first-order valence-corrected chi connectivity index (χ1v) is 19.5. The minimum atomic E-state index is 0.907. The summed E-state index contributed by atoms with van der Waals surface area (Å²) in [5.74, 6) is 0. The third kappa shape index (κ3) is 5.40. The van der Waals surface area contributed by atoms with Crippen LogP contribution in [-0.4, -0.2) is 0 Å².